The van der Waals surface area contributed by atoms with E-state index in [1.807, 2.05) is 24.3 Å². The first-order valence-corrected chi connectivity index (χ1v) is 6.06. The van der Waals surface area contributed by atoms with Gasteiger partial charge in [0.1, 0.15) is 12.7 Å². The van der Waals surface area contributed by atoms with Gasteiger partial charge in [0.25, 0.3) is 0 Å². The van der Waals surface area contributed by atoms with Gasteiger partial charge in [-0.25, -0.2) is 4.99 Å². The molecule has 1 saturated heterocycles. The Morgan fingerprint density at radius 2 is 1.94 bits per heavy atom. The number of ether oxygens (including phenoxy) is 2. The molecule has 0 unspecified atom stereocenters. The number of nitrogens with zero attached hydrogens (tertiary/aromatic N) is 1. The summed E-state index contributed by atoms with van der Waals surface area (Å²) < 4.78 is 11.2. The van der Waals surface area contributed by atoms with E-state index in [-0.39, 0.29) is 17.7 Å². The predicted octanol–water partition coefficient (Wildman–Crippen LogP) is 2.99. The molecule has 2 aliphatic heterocycles. The van der Waals surface area contributed by atoms with Crippen molar-refractivity contribution in [2.75, 3.05) is 6.61 Å². The van der Waals surface area contributed by atoms with Crippen LogP contribution in [0.15, 0.2) is 29.3 Å². The molecule has 2 heterocycles. The molecule has 0 N–H and O–H groups in total. The number of hydrogen-bond donors (Lipinski definition) is 0. The maximum absolute atomic E-state index is 5.85. The number of rotatable bonds is 2. The van der Waals surface area contributed by atoms with Crippen LogP contribution < -0.4 is 0 Å². The van der Waals surface area contributed by atoms with Crippen LogP contribution in [0.3, 0.4) is 0 Å². The van der Waals surface area contributed by atoms with Gasteiger partial charge in [0, 0.05) is 5.02 Å². The standard InChI is InChI=1S/C13H14ClNO2/c1-13(2)7-16-12(15-13)11-10(17-11)8-3-5-9(14)6-4-8/h3-6,10-11H,7H2,1-2H3/t10-,11+/m0/s1. The average Bonchev–Trinajstić information content (AvgIpc) is 2.98. The molecule has 0 saturated carbocycles. The van der Waals surface area contributed by atoms with Gasteiger partial charge >= 0.3 is 0 Å². The van der Waals surface area contributed by atoms with Gasteiger partial charge in [-0.15, -0.1) is 0 Å². The van der Waals surface area contributed by atoms with E-state index in [4.69, 9.17) is 21.1 Å². The number of hydrogen-bond acceptors (Lipinski definition) is 3. The minimum Gasteiger partial charge on any atom is -0.476 e. The highest BCUT2D eigenvalue weighted by Crippen LogP contribution is 2.41. The summed E-state index contributed by atoms with van der Waals surface area (Å²) in [6.07, 6.45) is 0.0536. The molecule has 2 aliphatic rings. The lowest BCUT2D eigenvalue weighted by Gasteiger charge is -2.07. The van der Waals surface area contributed by atoms with Crippen molar-refractivity contribution in [3.8, 4) is 0 Å². The second-order valence-electron chi connectivity index (χ2n) is 5.08. The number of halogens is 1. The molecule has 90 valence electrons. The summed E-state index contributed by atoms with van der Waals surface area (Å²) in [5.74, 6) is 0.731. The second-order valence-corrected chi connectivity index (χ2v) is 5.52. The summed E-state index contributed by atoms with van der Waals surface area (Å²) in [6, 6.07) is 7.70. The third kappa shape index (κ3) is 2.17. The Balaban J connectivity index is 1.73. The molecule has 1 fully saturated rings. The Labute approximate surface area is 105 Å². The second kappa shape index (κ2) is 3.72. The quantitative estimate of drug-likeness (QED) is 0.758. The van der Waals surface area contributed by atoms with Crippen LogP contribution in [0.2, 0.25) is 5.02 Å². The highest BCUT2D eigenvalue weighted by Gasteiger charge is 2.48. The van der Waals surface area contributed by atoms with Crippen molar-refractivity contribution in [3.63, 3.8) is 0 Å². The smallest absolute Gasteiger partial charge is 0.217 e. The van der Waals surface area contributed by atoms with Gasteiger partial charge in [0.2, 0.25) is 5.90 Å². The van der Waals surface area contributed by atoms with E-state index >= 15 is 0 Å². The Morgan fingerprint density at radius 1 is 1.24 bits per heavy atom. The van der Waals surface area contributed by atoms with Gasteiger partial charge in [-0.05, 0) is 31.5 Å². The molecular formula is C13H14ClNO2. The third-order valence-electron chi connectivity index (χ3n) is 2.92. The van der Waals surface area contributed by atoms with Crippen molar-refractivity contribution in [2.24, 2.45) is 4.99 Å². The van der Waals surface area contributed by atoms with Crippen LogP contribution in [-0.2, 0) is 9.47 Å². The molecular weight excluding hydrogens is 238 g/mol. The van der Waals surface area contributed by atoms with Crippen molar-refractivity contribution in [1.29, 1.82) is 0 Å². The van der Waals surface area contributed by atoms with Gasteiger partial charge in [-0.2, -0.15) is 0 Å². The van der Waals surface area contributed by atoms with Crippen molar-refractivity contribution >= 4 is 17.5 Å². The van der Waals surface area contributed by atoms with Crippen molar-refractivity contribution in [2.45, 2.75) is 31.6 Å². The summed E-state index contributed by atoms with van der Waals surface area (Å²) in [5.41, 5.74) is 1.00. The highest BCUT2D eigenvalue weighted by molar-refractivity contribution is 6.30. The molecule has 0 spiro atoms. The van der Waals surface area contributed by atoms with Crippen LogP contribution in [0.1, 0.15) is 25.5 Å². The highest BCUT2D eigenvalue weighted by atomic mass is 35.5. The SMILES string of the molecule is CC1(C)COC([C@@H]2O[C@H]2c2ccc(Cl)cc2)=N1. The van der Waals surface area contributed by atoms with E-state index in [1.165, 1.54) is 0 Å². The monoisotopic (exact) mass is 251 g/mol. The van der Waals surface area contributed by atoms with Crippen LogP contribution >= 0.6 is 11.6 Å². The van der Waals surface area contributed by atoms with Crippen LogP contribution in [-0.4, -0.2) is 24.1 Å². The van der Waals surface area contributed by atoms with E-state index in [9.17, 15) is 0 Å². The first kappa shape index (κ1) is 11.1. The zero-order valence-corrected chi connectivity index (χ0v) is 10.6. The van der Waals surface area contributed by atoms with E-state index in [2.05, 4.69) is 18.8 Å². The normalized spacial score (nSPS) is 29.7. The summed E-state index contributed by atoms with van der Waals surface area (Å²) in [7, 11) is 0. The first-order valence-electron chi connectivity index (χ1n) is 5.69. The Bertz CT molecular complexity index is 467. The molecule has 3 rings (SSSR count). The summed E-state index contributed by atoms with van der Waals surface area (Å²) >= 11 is 5.85. The van der Waals surface area contributed by atoms with Gasteiger partial charge in [-0.3, -0.25) is 0 Å². The van der Waals surface area contributed by atoms with E-state index < -0.39 is 0 Å². The van der Waals surface area contributed by atoms with Crippen LogP contribution in [0.25, 0.3) is 0 Å². The fraction of sp³-hybridized carbons (Fsp3) is 0.462. The van der Waals surface area contributed by atoms with E-state index in [0.717, 1.165) is 16.5 Å². The Kier molecular flexibility index (Phi) is 2.42. The van der Waals surface area contributed by atoms with E-state index in [1.54, 1.807) is 0 Å². The molecule has 2 atom stereocenters. The zero-order valence-electron chi connectivity index (χ0n) is 9.81. The first-order chi connectivity index (χ1) is 8.05. The number of epoxide rings is 1. The number of benzene rings is 1. The van der Waals surface area contributed by atoms with Crippen molar-refractivity contribution in [1.82, 2.24) is 0 Å². The Morgan fingerprint density at radius 3 is 2.53 bits per heavy atom. The molecule has 0 amide bonds. The van der Waals surface area contributed by atoms with Crippen LogP contribution in [0.4, 0.5) is 0 Å². The molecule has 4 heteroatoms. The molecule has 1 aromatic carbocycles. The Hall–Kier alpha value is -1.06. The van der Waals surface area contributed by atoms with Gasteiger partial charge in [-0.1, -0.05) is 23.7 Å². The lowest BCUT2D eigenvalue weighted by atomic mass is 10.1. The minimum absolute atomic E-state index is 0.0158. The molecule has 0 radical (unpaired) electrons. The maximum Gasteiger partial charge on any atom is 0.217 e. The van der Waals surface area contributed by atoms with Gasteiger partial charge < -0.3 is 9.47 Å². The van der Waals surface area contributed by atoms with Crippen LogP contribution in [0.5, 0.6) is 0 Å². The fourth-order valence-electron chi connectivity index (χ4n) is 1.97. The molecule has 0 aliphatic carbocycles. The van der Waals surface area contributed by atoms with Gasteiger partial charge in [0.05, 0.1) is 5.54 Å². The third-order valence-corrected chi connectivity index (χ3v) is 3.17. The lowest BCUT2D eigenvalue weighted by Crippen LogP contribution is -2.17. The van der Waals surface area contributed by atoms with Gasteiger partial charge in [0.15, 0.2) is 6.10 Å². The summed E-state index contributed by atoms with van der Waals surface area (Å²) in [6.45, 7) is 4.74. The molecule has 0 bridgehead atoms. The topological polar surface area (TPSA) is 34.1 Å². The minimum atomic E-state index is -0.119. The maximum atomic E-state index is 5.85. The van der Waals surface area contributed by atoms with Crippen molar-refractivity contribution < 1.29 is 9.47 Å². The average molecular weight is 252 g/mol. The predicted molar refractivity (Wildman–Crippen MR) is 66.5 cm³/mol. The molecule has 1 aromatic rings. The number of aliphatic imine (C=N–C) groups is 1. The fourth-order valence-corrected chi connectivity index (χ4v) is 2.09. The van der Waals surface area contributed by atoms with Crippen LogP contribution in [0, 0.1) is 0 Å². The molecule has 3 nitrogen and oxygen atoms in total. The largest absolute Gasteiger partial charge is 0.476 e. The van der Waals surface area contributed by atoms with E-state index in [0.29, 0.717) is 6.61 Å². The molecule has 17 heavy (non-hydrogen) atoms. The summed E-state index contributed by atoms with van der Waals surface area (Å²) in [5, 5.41) is 0.738. The summed E-state index contributed by atoms with van der Waals surface area (Å²) in [4.78, 5) is 4.52. The lowest BCUT2D eigenvalue weighted by molar-refractivity contribution is 0.266. The van der Waals surface area contributed by atoms with Crippen molar-refractivity contribution in [3.05, 3.63) is 34.9 Å². The zero-order chi connectivity index (χ0) is 12.0. The molecule has 0 aromatic heterocycles.